The Labute approximate surface area is 43.7 Å². The van der Waals surface area contributed by atoms with Crippen molar-refractivity contribution >= 4 is 0 Å². The molecule has 0 radical (unpaired) electrons. The second-order valence-electron chi connectivity index (χ2n) is 2.69. The Morgan fingerprint density at radius 3 is 1.86 bits per heavy atom. The van der Waals surface area contributed by atoms with Crippen LogP contribution in [0.15, 0.2) is 0 Å². The van der Waals surface area contributed by atoms with Crippen LogP contribution >= 0.6 is 0 Å². The van der Waals surface area contributed by atoms with E-state index in [2.05, 4.69) is 0 Å². The molecule has 1 rings (SSSR count). The zero-order valence-electron chi connectivity index (χ0n) is 4.87. The average Bonchev–Trinajstić information content (AvgIpc) is 2.21. The van der Waals surface area contributed by atoms with Crippen LogP contribution in [0.25, 0.3) is 0 Å². The van der Waals surface area contributed by atoms with Gasteiger partial charge in [-0.15, -0.1) is 0 Å². The van der Waals surface area contributed by atoms with Crippen LogP contribution in [-0.4, -0.2) is 5.67 Å². The zero-order chi connectivity index (χ0) is 5.49. The molecule has 1 aliphatic carbocycles. The molecule has 0 heterocycles. The highest BCUT2D eigenvalue weighted by Gasteiger charge is 2.45. The molecule has 7 heavy (non-hydrogen) atoms. The van der Waals surface area contributed by atoms with E-state index in [-0.39, 0.29) is 5.92 Å². The van der Waals surface area contributed by atoms with Crippen molar-refractivity contribution in [3.8, 4) is 0 Å². The van der Waals surface area contributed by atoms with Crippen LogP contribution in [0.2, 0.25) is 0 Å². The van der Waals surface area contributed by atoms with Gasteiger partial charge in [-0.25, -0.2) is 4.39 Å². The smallest absolute Gasteiger partial charge is 0.113 e. The van der Waals surface area contributed by atoms with E-state index >= 15 is 0 Å². The van der Waals surface area contributed by atoms with Gasteiger partial charge in [-0.2, -0.15) is 0 Å². The normalized spacial score (nSPS) is 25.7. The van der Waals surface area contributed by atoms with E-state index in [1.807, 2.05) is 13.8 Å². The maximum Gasteiger partial charge on any atom is 0.113 e. The molecule has 0 N–H and O–H groups in total. The fourth-order valence-corrected chi connectivity index (χ4v) is 0.697. The summed E-state index contributed by atoms with van der Waals surface area (Å²) in [6.45, 7) is 3.88. The van der Waals surface area contributed by atoms with Crippen molar-refractivity contribution in [2.45, 2.75) is 32.4 Å². The molecule has 0 aromatic heterocycles. The molecule has 1 aliphatic rings. The van der Waals surface area contributed by atoms with Crippen LogP contribution in [0.4, 0.5) is 4.39 Å². The fraction of sp³-hybridized carbons (Fsp3) is 1.00. The molecule has 1 saturated carbocycles. The summed E-state index contributed by atoms with van der Waals surface area (Å²) in [7, 11) is 0. The zero-order valence-corrected chi connectivity index (χ0v) is 4.87. The van der Waals surface area contributed by atoms with Crippen molar-refractivity contribution < 1.29 is 4.39 Å². The highest BCUT2D eigenvalue weighted by Crippen LogP contribution is 2.45. The van der Waals surface area contributed by atoms with E-state index in [9.17, 15) is 4.39 Å². The van der Waals surface area contributed by atoms with E-state index in [0.717, 1.165) is 12.8 Å². The molecule has 1 heteroatoms. The van der Waals surface area contributed by atoms with E-state index in [1.165, 1.54) is 0 Å². The lowest BCUT2D eigenvalue weighted by Gasteiger charge is -2.06. The van der Waals surface area contributed by atoms with Gasteiger partial charge in [-0.05, 0) is 18.8 Å². The molecule has 0 saturated heterocycles. The number of halogens is 1. The van der Waals surface area contributed by atoms with Gasteiger partial charge >= 0.3 is 0 Å². The van der Waals surface area contributed by atoms with Crippen LogP contribution in [0.1, 0.15) is 26.7 Å². The average molecular weight is 102 g/mol. The minimum Gasteiger partial charge on any atom is -0.244 e. The third-order valence-corrected chi connectivity index (χ3v) is 1.76. The summed E-state index contributed by atoms with van der Waals surface area (Å²) in [5, 5.41) is 0. The molecule has 0 bridgehead atoms. The SMILES string of the molecule is CC(C)C1(F)CC1. The van der Waals surface area contributed by atoms with E-state index in [1.54, 1.807) is 0 Å². The van der Waals surface area contributed by atoms with Crippen molar-refractivity contribution in [1.29, 1.82) is 0 Å². The van der Waals surface area contributed by atoms with Gasteiger partial charge in [-0.3, -0.25) is 0 Å². The van der Waals surface area contributed by atoms with Gasteiger partial charge in [-0.1, -0.05) is 13.8 Å². The maximum atomic E-state index is 12.6. The number of hydrogen-bond acceptors (Lipinski definition) is 0. The van der Waals surface area contributed by atoms with Crippen LogP contribution in [0.5, 0.6) is 0 Å². The lowest BCUT2D eigenvalue weighted by atomic mass is 10.1. The molecular weight excluding hydrogens is 91.1 g/mol. The third-order valence-electron chi connectivity index (χ3n) is 1.76. The second kappa shape index (κ2) is 1.21. The van der Waals surface area contributed by atoms with Gasteiger partial charge in [0.1, 0.15) is 5.67 Å². The minimum atomic E-state index is -0.750. The van der Waals surface area contributed by atoms with E-state index < -0.39 is 5.67 Å². The summed E-state index contributed by atoms with van der Waals surface area (Å²) in [6.07, 6.45) is 1.59. The molecular formula is C6H11F. The molecule has 0 spiro atoms. The van der Waals surface area contributed by atoms with E-state index in [4.69, 9.17) is 0 Å². The predicted octanol–water partition coefficient (Wildman–Crippen LogP) is 2.14. The Morgan fingerprint density at radius 2 is 1.86 bits per heavy atom. The Morgan fingerprint density at radius 1 is 1.43 bits per heavy atom. The van der Waals surface area contributed by atoms with Crippen molar-refractivity contribution in [1.82, 2.24) is 0 Å². The van der Waals surface area contributed by atoms with E-state index in [0.29, 0.717) is 0 Å². The topological polar surface area (TPSA) is 0 Å². The number of alkyl halides is 1. The second-order valence-corrected chi connectivity index (χ2v) is 2.69. The predicted molar refractivity (Wildman–Crippen MR) is 27.9 cm³/mol. The largest absolute Gasteiger partial charge is 0.244 e. The summed E-state index contributed by atoms with van der Waals surface area (Å²) in [5.74, 6) is 0.243. The van der Waals surface area contributed by atoms with Crippen LogP contribution in [0, 0.1) is 5.92 Å². The summed E-state index contributed by atoms with van der Waals surface area (Å²) in [4.78, 5) is 0. The first-order valence-electron chi connectivity index (χ1n) is 2.84. The first kappa shape index (κ1) is 5.07. The Hall–Kier alpha value is -0.0700. The van der Waals surface area contributed by atoms with Gasteiger partial charge in [0.25, 0.3) is 0 Å². The molecule has 0 aromatic carbocycles. The van der Waals surface area contributed by atoms with Crippen LogP contribution in [0.3, 0.4) is 0 Å². The molecule has 1 fully saturated rings. The highest BCUT2D eigenvalue weighted by atomic mass is 19.1. The summed E-state index contributed by atoms with van der Waals surface area (Å²) < 4.78 is 12.6. The summed E-state index contributed by atoms with van der Waals surface area (Å²) in [5.41, 5.74) is -0.750. The molecule has 0 nitrogen and oxygen atoms in total. The number of hydrogen-bond donors (Lipinski definition) is 0. The molecule has 0 aromatic rings. The van der Waals surface area contributed by atoms with Gasteiger partial charge in [0, 0.05) is 0 Å². The first-order valence-corrected chi connectivity index (χ1v) is 2.84. The van der Waals surface area contributed by atoms with Crippen molar-refractivity contribution in [3.63, 3.8) is 0 Å². The molecule has 42 valence electrons. The summed E-state index contributed by atoms with van der Waals surface area (Å²) >= 11 is 0. The quantitative estimate of drug-likeness (QED) is 0.476. The van der Waals surface area contributed by atoms with Gasteiger partial charge < -0.3 is 0 Å². The monoisotopic (exact) mass is 102 g/mol. The molecule has 0 atom stereocenters. The summed E-state index contributed by atoms with van der Waals surface area (Å²) in [6, 6.07) is 0. The van der Waals surface area contributed by atoms with Gasteiger partial charge in [0.05, 0.1) is 0 Å². The molecule has 0 aliphatic heterocycles. The minimum absolute atomic E-state index is 0.243. The lowest BCUT2D eigenvalue weighted by Crippen LogP contribution is -2.08. The fourth-order valence-electron chi connectivity index (χ4n) is 0.697. The number of rotatable bonds is 1. The Balaban J connectivity index is 2.39. The maximum absolute atomic E-state index is 12.6. The lowest BCUT2D eigenvalue weighted by molar-refractivity contribution is 0.230. The molecule has 0 amide bonds. The Bertz CT molecular complexity index is 72.2. The van der Waals surface area contributed by atoms with Gasteiger partial charge in [0.2, 0.25) is 0 Å². The highest BCUT2D eigenvalue weighted by molar-refractivity contribution is 4.96. The standard InChI is InChI=1S/C6H11F/c1-5(2)6(7)3-4-6/h5H,3-4H2,1-2H3. The van der Waals surface area contributed by atoms with Crippen molar-refractivity contribution in [2.24, 2.45) is 5.92 Å². The van der Waals surface area contributed by atoms with Crippen LogP contribution < -0.4 is 0 Å². The van der Waals surface area contributed by atoms with Crippen molar-refractivity contribution in [2.75, 3.05) is 0 Å². The van der Waals surface area contributed by atoms with Gasteiger partial charge in [0.15, 0.2) is 0 Å². The molecule has 0 unspecified atom stereocenters. The van der Waals surface area contributed by atoms with Crippen LogP contribution in [-0.2, 0) is 0 Å². The third kappa shape index (κ3) is 0.767. The Kier molecular flexibility index (Phi) is 0.875. The van der Waals surface area contributed by atoms with Crippen molar-refractivity contribution in [3.05, 3.63) is 0 Å². The first-order chi connectivity index (χ1) is 3.15.